The number of carbonyl (C=O) groups excluding carboxylic acids is 1. The van der Waals surface area contributed by atoms with Gasteiger partial charge in [-0.25, -0.2) is 23.9 Å². The molecule has 0 spiro atoms. The normalized spacial score (nSPS) is 12.7. The summed E-state index contributed by atoms with van der Waals surface area (Å²) in [4.78, 5) is 42.7. The van der Waals surface area contributed by atoms with E-state index >= 15 is 0 Å². The van der Waals surface area contributed by atoms with Crippen molar-refractivity contribution in [2.75, 3.05) is 17.2 Å². The van der Waals surface area contributed by atoms with Crippen molar-refractivity contribution in [3.05, 3.63) is 35.8 Å². The molecule has 0 aliphatic rings. The largest absolute Gasteiger partial charge is 0.470 e. The zero-order valence-electron chi connectivity index (χ0n) is 18.4. The van der Waals surface area contributed by atoms with Gasteiger partial charge in [0.1, 0.15) is 23.7 Å². The molecule has 0 aliphatic carbocycles. The van der Waals surface area contributed by atoms with E-state index in [0.29, 0.717) is 17.1 Å². The second-order valence-corrected chi connectivity index (χ2v) is 8.97. The summed E-state index contributed by atoms with van der Waals surface area (Å²) in [6.45, 7) is 5.51. The van der Waals surface area contributed by atoms with E-state index in [-0.39, 0.29) is 17.6 Å². The number of anilines is 3. The van der Waals surface area contributed by atoms with Crippen LogP contribution in [0.1, 0.15) is 43.6 Å². The summed E-state index contributed by atoms with van der Waals surface area (Å²) < 4.78 is 30.0. The van der Waals surface area contributed by atoms with Gasteiger partial charge in [0, 0.05) is 18.3 Å². The van der Waals surface area contributed by atoms with E-state index in [4.69, 9.17) is 15.0 Å². The van der Waals surface area contributed by atoms with Crippen molar-refractivity contribution in [1.82, 2.24) is 20.3 Å². The van der Waals surface area contributed by atoms with Gasteiger partial charge in [0.15, 0.2) is 0 Å². The zero-order valence-corrected chi connectivity index (χ0v) is 19.3. The topological polar surface area (TPSA) is 182 Å². The van der Waals surface area contributed by atoms with Crippen LogP contribution in [0.3, 0.4) is 0 Å². The second kappa shape index (κ2) is 10.6. The summed E-state index contributed by atoms with van der Waals surface area (Å²) in [6, 6.07) is 3.41. The van der Waals surface area contributed by atoms with E-state index in [1.54, 1.807) is 6.07 Å². The molecule has 0 radical (unpaired) electrons. The standard InChI is InChI=1S/C19H25FN7O5P/c1-11(2)26-14-5-16(27-18-24-7-12(6-21)8-25-18)22-9-13(14)17(28)23-10-15(20)19(3,4)32-33(29,30)31/h5,7-9,11,15H,10H2,1-4H3,(H,23,28)(H2,29,30,31)(H2,22,24,25,26,27)/t15-/m0/s1. The highest BCUT2D eigenvalue weighted by Crippen LogP contribution is 2.42. The summed E-state index contributed by atoms with van der Waals surface area (Å²) in [5, 5.41) is 17.2. The molecule has 1 amide bonds. The van der Waals surface area contributed by atoms with Gasteiger partial charge in [-0.2, -0.15) is 5.26 Å². The molecule has 0 unspecified atom stereocenters. The Morgan fingerprint density at radius 1 is 1.27 bits per heavy atom. The lowest BCUT2D eigenvalue weighted by Gasteiger charge is -2.29. The first-order valence-electron chi connectivity index (χ1n) is 9.75. The number of nitrogens with zero attached hydrogens (tertiary/aromatic N) is 4. The van der Waals surface area contributed by atoms with Crippen LogP contribution in [0.25, 0.3) is 0 Å². The third-order valence-electron chi connectivity index (χ3n) is 4.16. The van der Waals surface area contributed by atoms with Gasteiger partial charge < -0.3 is 25.7 Å². The van der Waals surface area contributed by atoms with Crippen molar-refractivity contribution < 1.29 is 28.1 Å². The fourth-order valence-electron chi connectivity index (χ4n) is 2.59. The number of rotatable bonds is 10. The van der Waals surface area contributed by atoms with Gasteiger partial charge in [-0.1, -0.05) is 0 Å². The van der Waals surface area contributed by atoms with Gasteiger partial charge in [0.25, 0.3) is 5.91 Å². The highest BCUT2D eigenvalue weighted by molar-refractivity contribution is 7.46. The number of phosphoric acid groups is 1. The number of phosphoric ester groups is 1. The zero-order chi connectivity index (χ0) is 24.8. The van der Waals surface area contributed by atoms with Gasteiger partial charge in [-0.15, -0.1) is 0 Å². The summed E-state index contributed by atoms with van der Waals surface area (Å²) in [6.07, 6.45) is 2.06. The van der Waals surface area contributed by atoms with E-state index in [0.717, 1.165) is 0 Å². The van der Waals surface area contributed by atoms with Crippen LogP contribution < -0.4 is 16.0 Å². The average molecular weight is 481 g/mol. The van der Waals surface area contributed by atoms with Crippen molar-refractivity contribution in [2.45, 2.75) is 45.5 Å². The Balaban J connectivity index is 2.16. The highest BCUT2D eigenvalue weighted by atomic mass is 31.2. The minimum atomic E-state index is -4.92. The summed E-state index contributed by atoms with van der Waals surface area (Å²) in [5.41, 5.74) is -1.02. The molecule has 12 nitrogen and oxygen atoms in total. The SMILES string of the molecule is CC(C)Nc1cc(Nc2ncc(C#N)cn2)ncc1C(=O)NC[C@H](F)C(C)(C)OP(=O)(O)O. The molecule has 2 heterocycles. The molecule has 178 valence electrons. The predicted octanol–water partition coefficient (Wildman–Crippen LogP) is 2.26. The van der Waals surface area contributed by atoms with E-state index < -0.39 is 32.0 Å². The van der Waals surface area contributed by atoms with Crippen LogP contribution in [0.2, 0.25) is 0 Å². The molecule has 0 aromatic carbocycles. The van der Waals surface area contributed by atoms with Crippen LogP contribution in [0.4, 0.5) is 21.8 Å². The van der Waals surface area contributed by atoms with Crippen molar-refractivity contribution in [1.29, 1.82) is 5.26 Å². The van der Waals surface area contributed by atoms with Crippen LogP contribution in [-0.2, 0) is 9.09 Å². The molecule has 2 rings (SSSR count). The Morgan fingerprint density at radius 2 is 1.91 bits per heavy atom. The number of nitriles is 1. The molecular formula is C19H25FN7O5P. The van der Waals surface area contributed by atoms with Crippen LogP contribution in [0.5, 0.6) is 0 Å². The predicted molar refractivity (Wildman–Crippen MR) is 117 cm³/mol. The summed E-state index contributed by atoms with van der Waals surface area (Å²) in [7, 11) is -4.92. The number of alkyl halides is 1. The maximum absolute atomic E-state index is 14.5. The lowest BCUT2D eigenvalue weighted by atomic mass is 10.0. The number of halogens is 1. The molecule has 5 N–H and O–H groups in total. The maximum atomic E-state index is 14.5. The van der Waals surface area contributed by atoms with Gasteiger partial charge >= 0.3 is 7.82 Å². The van der Waals surface area contributed by atoms with Crippen molar-refractivity contribution >= 4 is 31.2 Å². The third kappa shape index (κ3) is 8.03. The number of carbonyl (C=O) groups is 1. The van der Waals surface area contributed by atoms with E-state index in [9.17, 15) is 13.8 Å². The fourth-order valence-corrected chi connectivity index (χ4v) is 3.31. The van der Waals surface area contributed by atoms with Crippen LogP contribution in [0.15, 0.2) is 24.7 Å². The molecule has 1 atom stereocenters. The lowest BCUT2D eigenvalue weighted by molar-refractivity contribution is -0.00230. The molecule has 0 saturated carbocycles. The fraction of sp³-hybridized carbons (Fsp3) is 0.421. The van der Waals surface area contributed by atoms with Gasteiger partial charge in [-0.05, 0) is 27.7 Å². The van der Waals surface area contributed by atoms with Crippen LogP contribution >= 0.6 is 7.82 Å². The average Bonchev–Trinajstić information content (AvgIpc) is 2.70. The Bertz CT molecular complexity index is 1070. The van der Waals surface area contributed by atoms with E-state index in [1.807, 2.05) is 19.9 Å². The first-order valence-corrected chi connectivity index (χ1v) is 11.3. The molecule has 2 aromatic rings. The quantitative estimate of drug-likeness (QED) is 0.314. The lowest BCUT2D eigenvalue weighted by Crippen LogP contribution is -2.43. The van der Waals surface area contributed by atoms with E-state index in [2.05, 4.69) is 35.4 Å². The van der Waals surface area contributed by atoms with E-state index in [1.165, 1.54) is 32.4 Å². The second-order valence-electron chi connectivity index (χ2n) is 7.81. The Labute approximate surface area is 189 Å². The van der Waals surface area contributed by atoms with Gasteiger partial charge in [0.05, 0.1) is 35.8 Å². The number of amides is 1. The van der Waals surface area contributed by atoms with Crippen molar-refractivity contribution in [3.63, 3.8) is 0 Å². The number of hydrogen-bond donors (Lipinski definition) is 5. The molecular weight excluding hydrogens is 456 g/mol. The first-order chi connectivity index (χ1) is 15.3. The molecule has 0 fully saturated rings. The number of aromatic nitrogens is 3. The third-order valence-corrected chi connectivity index (χ3v) is 4.87. The summed E-state index contributed by atoms with van der Waals surface area (Å²) >= 11 is 0. The number of nitrogens with one attached hydrogen (secondary N) is 3. The molecule has 0 aliphatic heterocycles. The van der Waals surface area contributed by atoms with Crippen LogP contribution in [0, 0.1) is 11.3 Å². The number of hydrogen-bond acceptors (Lipinski definition) is 9. The molecule has 0 bridgehead atoms. The Kier molecular flexibility index (Phi) is 8.40. The maximum Gasteiger partial charge on any atom is 0.470 e. The minimum Gasteiger partial charge on any atom is -0.382 e. The Morgan fingerprint density at radius 3 is 2.45 bits per heavy atom. The summed E-state index contributed by atoms with van der Waals surface area (Å²) in [5.74, 6) is -0.137. The molecule has 0 saturated heterocycles. The smallest absolute Gasteiger partial charge is 0.382 e. The highest BCUT2D eigenvalue weighted by Gasteiger charge is 2.37. The van der Waals surface area contributed by atoms with Crippen molar-refractivity contribution in [2.24, 2.45) is 0 Å². The van der Waals surface area contributed by atoms with Crippen LogP contribution in [-0.4, -0.2) is 55.0 Å². The Hall–Kier alpha value is -3.17. The monoisotopic (exact) mass is 481 g/mol. The van der Waals surface area contributed by atoms with Gasteiger partial charge in [-0.3, -0.25) is 9.32 Å². The number of pyridine rings is 1. The molecule has 33 heavy (non-hydrogen) atoms. The van der Waals surface area contributed by atoms with Crippen molar-refractivity contribution in [3.8, 4) is 6.07 Å². The molecule has 2 aromatic heterocycles. The minimum absolute atomic E-state index is 0.0533. The molecule has 14 heteroatoms. The van der Waals surface area contributed by atoms with Gasteiger partial charge in [0.2, 0.25) is 5.95 Å². The first kappa shape index (κ1) is 26.1.